The van der Waals surface area contributed by atoms with Gasteiger partial charge in [-0.3, -0.25) is 0 Å². The summed E-state index contributed by atoms with van der Waals surface area (Å²) in [6.07, 6.45) is 13.6. The molecule has 0 atom stereocenters. The zero-order chi connectivity index (χ0) is 8.36. The Balaban J connectivity index is 3.11. The normalized spacial score (nSPS) is 11.8. The van der Waals surface area contributed by atoms with Gasteiger partial charge in [0.2, 0.25) is 0 Å². The Morgan fingerprint density at radius 1 is 1.00 bits per heavy atom. The van der Waals surface area contributed by atoms with Gasteiger partial charge in [0.1, 0.15) is 0 Å². The summed E-state index contributed by atoms with van der Waals surface area (Å²) >= 11 is 3.37. The summed E-state index contributed by atoms with van der Waals surface area (Å²) in [7, 11) is 0. The molecule has 0 spiro atoms. The van der Waals surface area contributed by atoms with Crippen molar-refractivity contribution in [2.24, 2.45) is 0 Å². The molecule has 0 saturated carbocycles. The molecule has 0 amide bonds. The van der Waals surface area contributed by atoms with Gasteiger partial charge >= 0.3 is 0 Å². The Morgan fingerprint density at radius 2 is 1.64 bits per heavy atom. The minimum atomic E-state index is 1.07. The highest BCUT2D eigenvalue weighted by molar-refractivity contribution is 9.09. The number of hydrogen-bond acceptors (Lipinski definition) is 0. The van der Waals surface area contributed by atoms with E-state index in [4.69, 9.17) is 0 Å². The molecule has 64 valence electrons. The monoisotopic (exact) mass is 216 g/mol. The lowest BCUT2D eigenvalue weighted by molar-refractivity contribution is 0.954. The Morgan fingerprint density at radius 3 is 2.18 bits per heavy atom. The topological polar surface area (TPSA) is 0 Å². The number of halogens is 1. The molecule has 0 aliphatic carbocycles. The van der Waals surface area contributed by atoms with Gasteiger partial charge < -0.3 is 0 Å². The SMILES string of the molecule is CCCC=CCC=CCCBr. The van der Waals surface area contributed by atoms with Gasteiger partial charge in [0.25, 0.3) is 0 Å². The Kier molecular flexibility index (Phi) is 9.92. The number of rotatable bonds is 6. The molecular formula is C10H17Br. The Labute approximate surface area is 78.5 Å². The molecule has 0 N–H and O–H groups in total. The molecule has 1 heteroatoms. The molecule has 0 unspecified atom stereocenters. The number of allylic oxidation sites excluding steroid dienone is 4. The van der Waals surface area contributed by atoms with E-state index in [0.29, 0.717) is 0 Å². The smallest absolute Gasteiger partial charge is 0.00659 e. The van der Waals surface area contributed by atoms with E-state index in [1.54, 1.807) is 0 Å². The summed E-state index contributed by atoms with van der Waals surface area (Å²) in [5.74, 6) is 0. The second-order valence-electron chi connectivity index (χ2n) is 2.44. The predicted molar refractivity (Wildman–Crippen MR) is 56.2 cm³/mol. The van der Waals surface area contributed by atoms with Crippen molar-refractivity contribution in [1.82, 2.24) is 0 Å². The van der Waals surface area contributed by atoms with Crippen LogP contribution in [0.4, 0.5) is 0 Å². The van der Waals surface area contributed by atoms with Crippen LogP contribution in [-0.4, -0.2) is 5.33 Å². The van der Waals surface area contributed by atoms with Crippen LogP contribution in [0.2, 0.25) is 0 Å². The van der Waals surface area contributed by atoms with E-state index in [0.717, 1.165) is 18.2 Å². The predicted octanol–water partition coefficient (Wildman–Crippen LogP) is 4.07. The van der Waals surface area contributed by atoms with E-state index in [1.807, 2.05) is 0 Å². The molecule has 11 heavy (non-hydrogen) atoms. The number of hydrogen-bond donors (Lipinski definition) is 0. The molecule has 0 radical (unpaired) electrons. The first kappa shape index (κ1) is 11.0. The van der Waals surface area contributed by atoms with Crippen molar-refractivity contribution in [2.75, 3.05) is 5.33 Å². The van der Waals surface area contributed by atoms with E-state index < -0.39 is 0 Å². The van der Waals surface area contributed by atoms with E-state index in [-0.39, 0.29) is 0 Å². The van der Waals surface area contributed by atoms with E-state index in [1.165, 1.54) is 12.8 Å². The highest BCUT2D eigenvalue weighted by Crippen LogP contribution is 1.94. The van der Waals surface area contributed by atoms with Crippen LogP contribution < -0.4 is 0 Å². The van der Waals surface area contributed by atoms with Crippen LogP contribution in [0, 0.1) is 0 Å². The molecule has 0 aromatic rings. The van der Waals surface area contributed by atoms with Crippen molar-refractivity contribution < 1.29 is 0 Å². The van der Waals surface area contributed by atoms with Crippen LogP contribution in [0.1, 0.15) is 32.6 Å². The van der Waals surface area contributed by atoms with Crippen LogP contribution in [0.15, 0.2) is 24.3 Å². The first-order chi connectivity index (χ1) is 5.41. The summed E-state index contributed by atoms with van der Waals surface area (Å²) in [4.78, 5) is 0. The molecule has 0 rings (SSSR count). The molecule has 0 aromatic carbocycles. The molecule has 0 saturated heterocycles. The van der Waals surface area contributed by atoms with Crippen molar-refractivity contribution in [3.8, 4) is 0 Å². The van der Waals surface area contributed by atoms with Crippen LogP contribution in [0.5, 0.6) is 0 Å². The van der Waals surface area contributed by atoms with Crippen molar-refractivity contribution in [3.05, 3.63) is 24.3 Å². The Hall–Kier alpha value is -0.0400. The van der Waals surface area contributed by atoms with Crippen LogP contribution in [0.3, 0.4) is 0 Å². The van der Waals surface area contributed by atoms with Gasteiger partial charge in [0.05, 0.1) is 0 Å². The van der Waals surface area contributed by atoms with E-state index in [2.05, 4.69) is 47.2 Å². The third-order valence-corrected chi connectivity index (χ3v) is 1.79. The lowest BCUT2D eigenvalue weighted by Crippen LogP contribution is -1.66. The van der Waals surface area contributed by atoms with Crippen LogP contribution in [-0.2, 0) is 0 Å². The fourth-order valence-electron chi connectivity index (χ4n) is 0.736. The number of alkyl halides is 1. The largest absolute Gasteiger partial charge is 0.0925 e. The lowest BCUT2D eigenvalue weighted by atomic mass is 10.2. The van der Waals surface area contributed by atoms with E-state index in [9.17, 15) is 0 Å². The van der Waals surface area contributed by atoms with Crippen LogP contribution in [0.25, 0.3) is 0 Å². The zero-order valence-electron chi connectivity index (χ0n) is 7.22. The minimum absolute atomic E-state index is 1.07. The second-order valence-corrected chi connectivity index (χ2v) is 3.24. The third kappa shape index (κ3) is 9.96. The average Bonchev–Trinajstić information content (AvgIpc) is 2.03. The molecule has 0 fully saturated rings. The number of unbranched alkanes of at least 4 members (excludes halogenated alkanes) is 1. The maximum Gasteiger partial charge on any atom is 0.00659 e. The molecule has 0 aliphatic heterocycles. The van der Waals surface area contributed by atoms with Gasteiger partial charge in [-0.05, 0) is 19.3 Å². The summed E-state index contributed by atoms with van der Waals surface area (Å²) in [5, 5.41) is 1.07. The molecule has 0 aromatic heterocycles. The summed E-state index contributed by atoms with van der Waals surface area (Å²) in [6.45, 7) is 2.20. The van der Waals surface area contributed by atoms with Gasteiger partial charge in [-0.1, -0.05) is 53.6 Å². The quantitative estimate of drug-likeness (QED) is 0.464. The molecular weight excluding hydrogens is 200 g/mol. The van der Waals surface area contributed by atoms with Gasteiger partial charge in [0, 0.05) is 5.33 Å². The summed E-state index contributed by atoms with van der Waals surface area (Å²) in [5.41, 5.74) is 0. The molecule has 0 bridgehead atoms. The zero-order valence-corrected chi connectivity index (χ0v) is 8.81. The highest BCUT2D eigenvalue weighted by Gasteiger charge is 1.74. The van der Waals surface area contributed by atoms with Crippen molar-refractivity contribution >= 4 is 15.9 Å². The molecule has 0 aliphatic rings. The maximum absolute atomic E-state index is 3.37. The molecule has 0 heterocycles. The van der Waals surface area contributed by atoms with Gasteiger partial charge in [-0.25, -0.2) is 0 Å². The van der Waals surface area contributed by atoms with Crippen molar-refractivity contribution in [1.29, 1.82) is 0 Å². The maximum atomic E-state index is 3.37. The fourth-order valence-corrected chi connectivity index (χ4v) is 1.00. The first-order valence-electron chi connectivity index (χ1n) is 4.27. The average molecular weight is 217 g/mol. The molecule has 0 nitrogen and oxygen atoms in total. The summed E-state index contributed by atoms with van der Waals surface area (Å²) in [6, 6.07) is 0. The van der Waals surface area contributed by atoms with Crippen LogP contribution >= 0.6 is 15.9 Å². The minimum Gasteiger partial charge on any atom is -0.0925 e. The summed E-state index contributed by atoms with van der Waals surface area (Å²) < 4.78 is 0. The first-order valence-corrected chi connectivity index (χ1v) is 5.40. The standard InChI is InChI=1S/C10H17Br/c1-2-3-4-5-6-7-8-9-10-11/h4-5,7-8H,2-3,6,9-10H2,1H3. The van der Waals surface area contributed by atoms with Gasteiger partial charge in [-0.2, -0.15) is 0 Å². The van der Waals surface area contributed by atoms with Crippen molar-refractivity contribution in [2.45, 2.75) is 32.6 Å². The van der Waals surface area contributed by atoms with E-state index >= 15 is 0 Å². The Bertz CT molecular complexity index is 100. The second kappa shape index (κ2) is 9.96. The fraction of sp³-hybridized carbons (Fsp3) is 0.600. The van der Waals surface area contributed by atoms with Gasteiger partial charge in [-0.15, -0.1) is 0 Å². The highest BCUT2D eigenvalue weighted by atomic mass is 79.9. The van der Waals surface area contributed by atoms with Crippen molar-refractivity contribution in [3.63, 3.8) is 0 Å². The third-order valence-electron chi connectivity index (χ3n) is 1.34. The lowest BCUT2D eigenvalue weighted by Gasteiger charge is -1.84. The van der Waals surface area contributed by atoms with Gasteiger partial charge in [0.15, 0.2) is 0 Å².